The molecule has 0 aliphatic rings. The Hall–Kier alpha value is -2.96. The number of aliphatic carboxylic acids is 2. The van der Waals surface area contributed by atoms with Crippen LogP contribution in [-0.2, 0) is 23.9 Å². The standard InChI is InChI=1S/C12H10O7/c1-5(9(13)14)7(3)11(17)19-12(18)8(4)6(2)10(15)16/h1-4H2,(H,13,14)(H,15,16). The van der Waals surface area contributed by atoms with Gasteiger partial charge in [-0.2, -0.15) is 0 Å². The van der Waals surface area contributed by atoms with Gasteiger partial charge in [-0.05, 0) is 0 Å². The van der Waals surface area contributed by atoms with Crippen LogP contribution in [0.3, 0.4) is 0 Å². The summed E-state index contributed by atoms with van der Waals surface area (Å²) in [7, 11) is 0. The molecule has 0 aliphatic carbocycles. The van der Waals surface area contributed by atoms with E-state index in [1.54, 1.807) is 0 Å². The fourth-order valence-electron chi connectivity index (χ4n) is 0.712. The maximum absolute atomic E-state index is 11.3. The van der Waals surface area contributed by atoms with Crippen LogP contribution >= 0.6 is 0 Å². The molecule has 0 unspecified atom stereocenters. The summed E-state index contributed by atoms with van der Waals surface area (Å²) in [6.07, 6.45) is 0. The van der Waals surface area contributed by atoms with Crippen LogP contribution in [0.4, 0.5) is 0 Å². The van der Waals surface area contributed by atoms with Gasteiger partial charge in [-0.15, -0.1) is 0 Å². The van der Waals surface area contributed by atoms with Crippen molar-refractivity contribution < 1.29 is 34.1 Å². The van der Waals surface area contributed by atoms with Gasteiger partial charge in [0.15, 0.2) is 0 Å². The number of carbonyl (C=O) groups excluding carboxylic acids is 2. The molecule has 19 heavy (non-hydrogen) atoms. The Bertz CT molecular complexity index is 488. The molecular formula is C12H10O7. The van der Waals surface area contributed by atoms with Crippen molar-refractivity contribution in [3.8, 4) is 0 Å². The SMILES string of the molecule is C=C(C(=C)C(=O)OC(=O)C(=C)C(=C)C(=O)O)C(=O)O. The van der Waals surface area contributed by atoms with Gasteiger partial charge in [0, 0.05) is 0 Å². The van der Waals surface area contributed by atoms with E-state index in [0.29, 0.717) is 0 Å². The van der Waals surface area contributed by atoms with Crippen molar-refractivity contribution in [2.75, 3.05) is 0 Å². The van der Waals surface area contributed by atoms with E-state index in [9.17, 15) is 19.2 Å². The molecule has 2 N–H and O–H groups in total. The van der Waals surface area contributed by atoms with E-state index in [-0.39, 0.29) is 0 Å². The number of carboxylic acids is 2. The maximum Gasteiger partial charge on any atom is 0.346 e. The molecule has 0 amide bonds. The molecule has 0 heterocycles. The van der Waals surface area contributed by atoms with Gasteiger partial charge >= 0.3 is 23.9 Å². The molecule has 0 bridgehead atoms. The molecule has 100 valence electrons. The third-order valence-electron chi connectivity index (χ3n) is 1.92. The number of carboxylic acid groups (broad SMARTS) is 2. The van der Waals surface area contributed by atoms with Gasteiger partial charge in [0.05, 0.1) is 22.3 Å². The second-order valence-corrected chi connectivity index (χ2v) is 3.20. The zero-order valence-corrected chi connectivity index (χ0v) is 9.76. The van der Waals surface area contributed by atoms with Gasteiger partial charge in [-0.1, -0.05) is 26.3 Å². The van der Waals surface area contributed by atoms with Crippen molar-refractivity contribution in [3.05, 3.63) is 48.6 Å². The maximum atomic E-state index is 11.3. The van der Waals surface area contributed by atoms with Crippen LogP contribution in [0, 0.1) is 0 Å². The minimum absolute atomic E-state index is 0.644. The normalized spacial score (nSPS) is 9.05. The fraction of sp³-hybridized carbons (Fsp3) is 0. The minimum Gasteiger partial charge on any atom is -0.478 e. The van der Waals surface area contributed by atoms with Crippen LogP contribution in [0.25, 0.3) is 0 Å². The summed E-state index contributed by atoms with van der Waals surface area (Å²) in [4.78, 5) is 43.6. The van der Waals surface area contributed by atoms with Crippen LogP contribution in [0.2, 0.25) is 0 Å². The molecule has 0 saturated carbocycles. The van der Waals surface area contributed by atoms with Crippen LogP contribution < -0.4 is 0 Å². The number of esters is 2. The quantitative estimate of drug-likeness (QED) is 0.310. The van der Waals surface area contributed by atoms with Crippen LogP contribution in [-0.4, -0.2) is 34.1 Å². The Morgan fingerprint density at radius 1 is 0.632 bits per heavy atom. The molecule has 0 aliphatic heterocycles. The average molecular weight is 266 g/mol. The number of hydrogen-bond acceptors (Lipinski definition) is 5. The topological polar surface area (TPSA) is 118 Å². The zero-order chi connectivity index (χ0) is 15.3. The molecule has 7 heteroatoms. The van der Waals surface area contributed by atoms with E-state index in [1.807, 2.05) is 0 Å². The first kappa shape index (κ1) is 16.0. The summed E-state index contributed by atoms with van der Waals surface area (Å²) in [5.41, 5.74) is -2.59. The third kappa shape index (κ3) is 4.08. The summed E-state index contributed by atoms with van der Waals surface area (Å²) in [5, 5.41) is 17.1. The highest BCUT2D eigenvalue weighted by molar-refractivity contribution is 6.12. The lowest BCUT2D eigenvalue weighted by molar-refractivity contribution is -0.154. The number of rotatable bonds is 6. The molecule has 0 rings (SSSR count). The van der Waals surface area contributed by atoms with Gasteiger partial charge in [0.2, 0.25) is 0 Å². The minimum atomic E-state index is -1.51. The van der Waals surface area contributed by atoms with Crippen LogP contribution in [0.15, 0.2) is 48.6 Å². The van der Waals surface area contributed by atoms with E-state index < -0.39 is 46.2 Å². The van der Waals surface area contributed by atoms with Gasteiger partial charge in [0.1, 0.15) is 0 Å². The average Bonchev–Trinajstić information content (AvgIpc) is 2.34. The molecule has 0 atom stereocenters. The first-order chi connectivity index (χ1) is 8.59. The first-order valence-electron chi connectivity index (χ1n) is 4.59. The number of hydrogen-bond donors (Lipinski definition) is 2. The lowest BCUT2D eigenvalue weighted by atomic mass is 10.1. The summed E-state index contributed by atoms with van der Waals surface area (Å²) in [5.74, 6) is -5.75. The summed E-state index contributed by atoms with van der Waals surface area (Å²) >= 11 is 0. The van der Waals surface area contributed by atoms with Crippen molar-refractivity contribution in [1.82, 2.24) is 0 Å². The smallest absolute Gasteiger partial charge is 0.346 e. The molecule has 0 spiro atoms. The molecular weight excluding hydrogens is 256 g/mol. The molecule has 0 fully saturated rings. The monoisotopic (exact) mass is 266 g/mol. The van der Waals surface area contributed by atoms with E-state index >= 15 is 0 Å². The van der Waals surface area contributed by atoms with E-state index in [0.717, 1.165) is 0 Å². The van der Waals surface area contributed by atoms with Crippen molar-refractivity contribution >= 4 is 23.9 Å². The Morgan fingerprint density at radius 2 is 0.895 bits per heavy atom. The molecule has 0 saturated heterocycles. The fourth-order valence-corrected chi connectivity index (χ4v) is 0.712. The van der Waals surface area contributed by atoms with Gasteiger partial charge in [-0.25, -0.2) is 19.2 Å². The van der Waals surface area contributed by atoms with E-state index in [1.165, 1.54) is 0 Å². The second-order valence-electron chi connectivity index (χ2n) is 3.20. The molecule has 0 aromatic carbocycles. The van der Waals surface area contributed by atoms with E-state index in [2.05, 4.69) is 31.1 Å². The van der Waals surface area contributed by atoms with Crippen LogP contribution in [0.5, 0.6) is 0 Å². The van der Waals surface area contributed by atoms with Crippen molar-refractivity contribution in [1.29, 1.82) is 0 Å². The Balaban J connectivity index is 4.81. The Labute approximate surface area is 107 Å². The molecule has 7 nitrogen and oxygen atoms in total. The predicted octanol–water partition coefficient (Wildman–Crippen LogP) is 0.450. The van der Waals surface area contributed by atoms with Crippen molar-refractivity contribution in [3.63, 3.8) is 0 Å². The molecule has 0 aromatic rings. The Kier molecular flexibility index (Phi) is 5.15. The first-order valence-corrected chi connectivity index (χ1v) is 4.59. The highest BCUT2D eigenvalue weighted by Gasteiger charge is 2.24. The zero-order valence-electron chi connectivity index (χ0n) is 9.76. The van der Waals surface area contributed by atoms with Crippen molar-refractivity contribution in [2.45, 2.75) is 0 Å². The predicted molar refractivity (Wildman–Crippen MR) is 62.9 cm³/mol. The molecule has 0 radical (unpaired) electrons. The third-order valence-corrected chi connectivity index (χ3v) is 1.92. The van der Waals surface area contributed by atoms with Crippen LogP contribution in [0.1, 0.15) is 0 Å². The number of ether oxygens (including phenoxy) is 1. The largest absolute Gasteiger partial charge is 0.478 e. The van der Waals surface area contributed by atoms with Crippen molar-refractivity contribution in [2.24, 2.45) is 0 Å². The summed E-state index contributed by atoms with van der Waals surface area (Å²) < 4.78 is 4.19. The van der Waals surface area contributed by atoms with E-state index in [4.69, 9.17) is 10.2 Å². The summed E-state index contributed by atoms with van der Waals surface area (Å²) in [6.45, 7) is 12.3. The van der Waals surface area contributed by atoms with Gasteiger partial charge in [0.25, 0.3) is 0 Å². The summed E-state index contributed by atoms with van der Waals surface area (Å²) in [6, 6.07) is 0. The van der Waals surface area contributed by atoms with Gasteiger partial charge < -0.3 is 14.9 Å². The van der Waals surface area contributed by atoms with Gasteiger partial charge in [-0.3, -0.25) is 0 Å². The number of carbonyl (C=O) groups is 4. The lowest BCUT2D eigenvalue weighted by Crippen LogP contribution is -2.20. The Morgan fingerprint density at radius 3 is 1.11 bits per heavy atom. The lowest BCUT2D eigenvalue weighted by Gasteiger charge is -2.06. The highest BCUT2D eigenvalue weighted by atomic mass is 16.6. The highest BCUT2D eigenvalue weighted by Crippen LogP contribution is 2.12. The molecule has 0 aromatic heterocycles. The second kappa shape index (κ2) is 6.10.